The van der Waals surface area contributed by atoms with Gasteiger partial charge < -0.3 is 0 Å². The minimum atomic E-state index is -3.81. The first kappa shape index (κ1) is 23.9. The van der Waals surface area contributed by atoms with Gasteiger partial charge in [-0.25, -0.2) is 12.8 Å². The van der Waals surface area contributed by atoms with Crippen LogP contribution in [0.1, 0.15) is 16.7 Å². The number of carbonyl (C=O) groups excluding carboxylic acids is 1. The van der Waals surface area contributed by atoms with Crippen LogP contribution in [-0.4, -0.2) is 36.5 Å². The Bertz CT molecular complexity index is 1660. The molecule has 0 amide bonds. The number of hydrogen-bond donors (Lipinski definition) is 0. The van der Waals surface area contributed by atoms with E-state index in [1.54, 1.807) is 6.07 Å². The third-order valence-corrected chi connectivity index (χ3v) is 9.47. The van der Waals surface area contributed by atoms with E-state index in [4.69, 9.17) is 11.6 Å². The molecule has 1 aliphatic heterocycles. The number of benzene rings is 2. The van der Waals surface area contributed by atoms with E-state index in [1.165, 1.54) is 40.6 Å². The second-order valence-electron chi connectivity index (χ2n) is 8.69. The van der Waals surface area contributed by atoms with E-state index in [0.717, 1.165) is 41.4 Å². The zero-order valence-corrected chi connectivity index (χ0v) is 21.0. The highest BCUT2D eigenvalue weighted by molar-refractivity contribution is 7.94. The summed E-state index contributed by atoms with van der Waals surface area (Å²) >= 11 is 6.67. The Kier molecular flexibility index (Phi) is 6.13. The van der Waals surface area contributed by atoms with Crippen LogP contribution in [0.15, 0.2) is 63.7 Å². The molecule has 5 rings (SSSR count). The molecule has 0 aliphatic carbocycles. The molecule has 0 radical (unpaired) electrons. The fourth-order valence-electron chi connectivity index (χ4n) is 4.39. The minimum Gasteiger partial charge on any atom is -0.298 e. The van der Waals surface area contributed by atoms with Gasteiger partial charge in [-0.1, -0.05) is 17.7 Å². The lowest BCUT2D eigenvalue weighted by Crippen LogP contribution is -2.20. The molecule has 0 bridgehead atoms. The molecule has 0 spiro atoms. The SMILES string of the molecule is CN1Cc2cc3ccn(-c4ccc(CC(=O)CS(=O)(=O)c5ccc(Cl)s5)cc4F)c(=O)c3cc2C1. The number of sulfone groups is 1. The number of Topliss-reactive ketones (excluding diaryl/α,β-unsaturated/α-hetero) is 1. The molecule has 1 aliphatic rings. The van der Waals surface area contributed by atoms with E-state index in [-0.39, 0.29) is 21.9 Å². The van der Waals surface area contributed by atoms with Crippen LogP contribution >= 0.6 is 22.9 Å². The summed E-state index contributed by atoms with van der Waals surface area (Å²) in [5.41, 5.74) is 2.32. The smallest absolute Gasteiger partial charge is 0.263 e. The highest BCUT2D eigenvalue weighted by Gasteiger charge is 2.22. The molecule has 180 valence electrons. The first-order valence-electron chi connectivity index (χ1n) is 10.7. The molecule has 6 nitrogen and oxygen atoms in total. The number of hydrogen-bond acceptors (Lipinski definition) is 6. The zero-order valence-electron chi connectivity index (χ0n) is 18.6. The summed E-state index contributed by atoms with van der Waals surface area (Å²) in [6.45, 7) is 1.58. The van der Waals surface area contributed by atoms with Crippen LogP contribution in [0.3, 0.4) is 0 Å². The Morgan fingerprint density at radius 2 is 1.83 bits per heavy atom. The lowest BCUT2D eigenvalue weighted by atomic mass is 10.0. The number of rotatable bonds is 6. The summed E-state index contributed by atoms with van der Waals surface area (Å²) in [5, 5.41) is 1.32. The van der Waals surface area contributed by atoms with Gasteiger partial charge in [0.1, 0.15) is 15.8 Å². The molecule has 0 N–H and O–H groups in total. The highest BCUT2D eigenvalue weighted by Crippen LogP contribution is 2.28. The average molecular weight is 531 g/mol. The van der Waals surface area contributed by atoms with E-state index >= 15 is 4.39 Å². The van der Waals surface area contributed by atoms with Crippen molar-refractivity contribution in [1.29, 1.82) is 0 Å². The molecule has 10 heteroatoms. The quantitative estimate of drug-likeness (QED) is 0.370. The molecule has 2 aromatic carbocycles. The number of halogens is 2. The van der Waals surface area contributed by atoms with Crippen LogP contribution in [0.25, 0.3) is 16.5 Å². The summed E-state index contributed by atoms with van der Waals surface area (Å²) in [6, 6.07) is 12.6. The van der Waals surface area contributed by atoms with Crippen LogP contribution in [0.2, 0.25) is 4.34 Å². The Hall–Kier alpha value is -2.85. The van der Waals surface area contributed by atoms with E-state index in [9.17, 15) is 18.0 Å². The molecule has 0 saturated heterocycles. The molecule has 0 fully saturated rings. The highest BCUT2D eigenvalue weighted by atomic mass is 35.5. The largest absolute Gasteiger partial charge is 0.298 e. The van der Waals surface area contributed by atoms with Gasteiger partial charge in [0.2, 0.25) is 0 Å². The van der Waals surface area contributed by atoms with Crippen molar-refractivity contribution in [3.05, 3.63) is 91.9 Å². The summed E-state index contributed by atoms with van der Waals surface area (Å²) in [7, 11) is -1.80. The Morgan fingerprint density at radius 3 is 2.51 bits per heavy atom. The van der Waals surface area contributed by atoms with Crippen LogP contribution in [0.5, 0.6) is 0 Å². The maximum atomic E-state index is 15.0. The molecular weight excluding hydrogens is 511 g/mol. The predicted molar refractivity (Wildman–Crippen MR) is 135 cm³/mol. The lowest BCUT2D eigenvalue weighted by molar-refractivity contribution is -0.116. The fourth-order valence-corrected chi connectivity index (χ4v) is 7.20. The van der Waals surface area contributed by atoms with E-state index in [2.05, 4.69) is 4.90 Å². The summed E-state index contributed by atoms with van der Waals surface area (Å²) in [5.74, 6) is -1.94. The Morgan fingerprint density at radius 1 is 1.09 bits per heavy atom. The van der Waals surface area contributed by atoms with Gasteiger partial charge in [0.25, 0.3) is 5.56 Å². The number of thiophene rings is 1. The van der Waals surface area contributed by atoms with Crippen molar-refractivity contribution in [3.8, 4) is 5.69 Å². The third kappa shape index (κ3) is 4.69. The van der Waals surface area contributed by atoms with Crippen LogP contribution in [0.4, 0.5) is 4.39 Å². The average Bonchev–Trinajstić information content (AvgIpc) is 3.38. The van der Waals surface area contributed by atoms with Gasteiger partial charge in [0.15, 0.2) is 15.6 Å². The monoisotopic (exact) mass is 530 g/mol. The number of carbonyl (C=O) groups is 1. The molecular formula is C25H20ClFN2O4S2. The number of pyridine rings is 1. The number of nitrogens with zero attached hydrogens (tertiary/aromatic N) is 2. The van der Waals surface area contributed by atoms with Crippen LogP contribution in [-0.2, 0) is 34.1 Å². The van der Waals surface area contributed by atoms with Crippen molar-refractivity contribution in [2.45, 2.75) is 23.7 Å². The van der Waals surface area contributed by atoms with E-state index < -0.39 is 27.2 Å². The molecule has 35 heavy (non-hydrogen) atoms. The summed E-state index contributed by atoms with van der Waals surface area (Å²) in [6.07, 6.45) is 1.29. The van der Waals surface area contributed by atoms with E-state index in [0.29, 0.717) is 15.3 Å². The number of fused-ring (bicyclic) bond motifs is 2. The Labute approximate surface area is 210 Å². The van der Waals surface area contributed by atoms with Crippen molar-refractivity contribution in [1.82, 2.24) is 9.47 Å². The van der Waals surface area contributed by atoms with Gasteiger partial charge in [-0.3, -0.25) is 19.1 Å². The minimum absolute atomic E-state index is 0.0188. The van der Waals surface area contributed by atoms with Crippen LogP contribution < -0.4 is 5.56 Å². The van der Waals surface area contributed by atoms with Gasteiger partial charge in [-0.2, -0.15) is 0 Å². The maximum absolute atomic E-state index is 15.0. The molecule has 3 heterocycles. The van der Waals surface area contributed by atoms with Crippen molar-refractivity contribution >= 4 is 49.3 Å². The molecule has 2 aromatic heterocycles. The molecule has 0 saturated carbocycles. The standard InChI is InChI=1S/C25H20ClFN2O4S2/c1-28-12-17-10-16-6-7-29(25(31)20(16)11-18(17)13-28)22-3-2-15(9-21(22)27)8-19(30)14-35(32,33)24-5-4-23(26)34-24/h2-7,9-11H,8,12-14H2,1H3. The molecule has 0 unspecified atom stereocenters. The van der Waals surface area contributed by atoms with Gasteiger partial charge in [-0.15, -0.1) is 11.3 Å². The number of ketones is 1. The second kappa shape index (κ2) is 8.98. The molecule has 0 atom stereocenters. The van der Waals surface area contributed by atoms with Gasteiger partial charge in [0, 0.05) is 31.1 Å². The van der Waals surface area contributed by atoms with Crippen molar-refractivity contribution in [3.63, 3.8) is 0 Å². The number of aromatic nitrogens is 1. The summed E-state index contributed by atoms with van der Waals surface area (Å²) in [4.78, 5) is 27.7. The lowest BCUT2D eigenvalue weighted by Gasteiger charge is -2.11. The van der Waals surface area contributed by atoms with Crippen molar-refractivity contribution < 1.29 is 17.6 Å². The van der Waals surface area contributed by atoms with Crippen molar-refractivity contribution in [2.24, 2.45) is 0 Å². The topological polar surface area (TPSA) is 76.5 Å². The van der Waals surface area contributed by atoms with Crippen molar-refractivity contribution in [2.75, 3.05) is 12.8 Å². The second-order valence-corrected chi connectivity index (χ2v) is 12.6. The first-order chi connectivity index (χ1) is 16.6. The van der Waals surface area contributed by atoms with Gasteiger partial charge in [-0.05, 0) is 71.6 Å². The zero-order chi connectivity index (χ0) is 24.9. The maximum Gasteiger partial charge on any atom is 0.263 e. The molecule has 4 aromatic rings. The first-order valence-corrected chi connectivity index (χ1v) is 13.6. The van der Waals surface area contributed by atoms with E-state index in [1.807, 2.05) is 19.2 Å². The fraction of sp³-hybridized carbons (Fsp3) is 0.200. The van der Waals surface area contributed by atoms with Crippen LogP contribution in [0, 0.1) is 5.82 Å². The third-order valence-electron chi connectivity index (χ3n) is 5.98. The normalized spacial score (nSPS) is 13.9. The predicted octanol–water partition coefficient (Wildman–Crippen LogP) is 4.38. The Balaban J connectivity index is 1.39. The van der Waals surface area contributed by atoms with Gasteiger partial charge in [0.05, 0.1) is 10.0 Å². The van der Waals surface area contributed by atoms with Gasteiger partial charge >= 0.3 is 0 Å². The summed E-state index contributed by atoms with van der Waals surface area (Å²) < 4.78 is 41.4.